The van der Waals surface area contributed by atoms with E-state index in [1.165, 1.54) is 32.4 Å². The molecule has 0 bridgehead atoms. The highest BCUT2D eigenvalue weighted by molar-refractivity contribution is 7.99. The molecule has 0 saturated carbocycles. The van der Waals surface area contributed by atoms with Crippen LogP contribution in [0.3, 0.4) is 0 Å². The Morgan fingerprint density at radius 1 is 0.897 bits per heavy atom. The fourth-order valence-corrected chi connectivity index (χ4v) is 4.63. The first-order valence-corrected chi connectivity index (χ1v) is 10.9. The Morgan fingerprint density at radius 2 is 1.76 bits per heavy atom. The second-order valence-corrected chi connectivity index (χ2v) is 8.22. The van der Waals surface area contributed by atoms with Crippen LogP contribution in [0.15, 0.2) is 84.0 Å². The van der Waals surface area contributed by atoms with Crippen molar-refractivity contribution in [2.75, 3.05) is 5.75 Å². The Labute approximate surface area is 176 Å². The monoisotopic (exact) mass is 397 g/mol. The lowest BCUT2D eigenvalue weighted by atomic mass is 10.1. The molecule has 4 rings (SSSR count). The van der Waals surface area contributed by atoms with Gasteiger partial charge in [-0.3, -0.25) is 4.68 Å². The predicted octanol–water partition coefficient (Wildman–Crippen LogP) is 5.88. The van der Waals surface area contributed by atoms with Crippen molar-refractivity contribution >= 4 is 22.5 Å². The maximum Gasteiger partial charge on any atom is 0.0659 e. The fraction of sp³-hybridized carbons (Fsp3) is 0.200. The minimum absolute atomic E-state index is 0.552. The van der Waals surface area contributed by atoms with Crippen molar-refractivity contribution in [3.63, 3.8) is 0 Å². The molecule has 3 aromatic carbocycles. The summed E-state index contributed by atoms with van der Waals surface area (Å²) < 4.78 is 1.94. The Morgan fingerprint density at radius 3 is 2.59 bits per heavy atom. The molecule has 144 valence electrons. The highest BCUT2D eigenvalue weighted by Crippen LogP contribution is 2.27. The molecule has 3 nitrogen and oxygen atoms in total. The van der Waals surface area contributed by atoms with E-state index in [4.69, 9.17) is 5.26 Å². The third kappa shape index (κ3) is 5.07. The van der Waals surface area contributed by atoms with Crippen molar-refractivity contribution in [3.05, 3.63) is 95.8 Å². The summed E-state index contributed by atoms with van der Waals surface area (Å²) in [5.74, 6) is 1.02. The Hall–Kier alpha value is -3.03. The van der Waals surface area contributed by atoms with E-state index in [9.17, 15) is 0 Å². The van der Waals surface area contributed by atoms with Crippen molar-refractivity contribution in [2.24, 2.45) is 0 Å². The van der Waals surface area contributed by atoms with Gasteiger partial charge in [-0.05, 0) is 52.4 Å². The quantitative estimate of drug-likeness (QED) is 0.349. The van der Waals surface area contributed by atoms with E-state index in [1.54, 1.807) is 6.20 Å². The summed E-state index contributed by atoms with van der Waals surface area (Å²) in [5.41, 5.74) is 3.87. The van der Waals surface area contributed by atoms with E-state index >= 15 is 0 Å². The smallest absolute Gasteiger partial charge is 0.0659 e. The Kier molecular flexibility index (Phi) is 6.29. The fourth-order valence-electron chi connectivity index (χ4n) is 3.48. The molecule has 0 amide bonds. The highest BCUT2D eigenvalue weighted by atomic mass is 32.2. The molecule has 29 heavy (non-hydrogen) atoms. The van der Waals surface area contributed by atoms with Gasteiger partial charge in [-0.15, -0.1) is 11.8 Å². The second kappa shape index (κ2) is 9.45. The molecule has 0 unspecified atom stereocenters. The number of aromatic nitrogens is 2. The first-order chi connectivity index (χ1) is 14.3. The number of aryl methyl sites for hydroxylation is 2. The van der Waals surface area contributed by atoms with Gasteiger partial charge in [0, 0.05) is 29.5 Å². The lowest BCUT2D eigenvalue weighted by Crippen LogP contribution is -2.01. The van der Waals surface area contributed by atoms with Crippen LogP contribution in [0.1, 0.15) is 23.1 Å². The van der Waals surface area contributed by atoms with Crippen LogP contribution in [0.5, 0.6) is 0 Å². The van der Waals surface area contributed by atoms with Crippen LogP contribution < -0.4 is 0 Å². The van der Waals surface area contributed by atoms with Crippen molar-refractivity contribution in [1.82, 2.24) is 9.78 Å². The zero-order chi connectivity index (χ0) is 19.9. The molecule has 0 aliphatic rings. The normalized spacial score (nSPS) is 10.9. The number of hydrogen-bond donors (Lipinski definition) is 0. The number of rotatable bonds is 8. The summed E-state index contributed by atoms with van der Waals surface area (Å²) in [7, 11) is 0. The van der Waals surface area contributed by atoms with Gasteiger partial charge in [-0.2, -0.15) is 10.4 Å². The van der Waals surface area contributed by atoms with E-state index < -0.39 is 0 Å². The Balaban J connectivity index is 1.46. The number of nitrogens with zero attached hydrogens (tertiary/aromatic N) is 3. The Bertz CT molecular complexity index is 1130. The average Bonchev–Trinajstić information content (AvgIpc) is 3.26. The van der Waals surface area contributed by atoms with Crippen LogP contribution in [-0.4, -0.2) is 15.5 Å². The minimum Gasteiger partial charge on any atom is -0.268 e. The van der Waals surface area contributed by atoms with Crippen molar-refractivity contribution in [2.45, 2.75) is 30.7 Å². The molecular weight excluding hydrogens is 374 g/mol. The van der Waals surface area contributed by atoms with Crippen LogP contribution in [0.4, 0.5) is 0 Å². The third-order valence-electron chi connectivity index (χ3n) is 5.00. The first kappa shape index (κ1) is 19.3. The molecule has 0 aliphatic heterocycles. The molecule has 4 heteroatoms. The van der Waals surface area contributed by atoms with Crippen molar-refractivity contribution in [3.8, 4) is 6.07 Å². The summed E-state index contributed by atoms with van der Waals surface area (Å²) in [4.78, 5) is 1.28. The molecule has 1 heterocycles. The van der Waals surface area contributed by atoms with Crippen LogP contribution in [-0.2, 0) is 19.4 Å². The highest BCUT2D eigenvalue weighted by Gasteiger charge is 2.07. The molecule has 0 N–H and O–H groups in total. The molecule has 4 aromatic rings. The standard InChI is InChI=1S/C25H23N3S/c26-13-3-7-23-11-9-21(19-28-15-4-14-27-28)18-25(23)29-16-12-20-8-10-22-5-1-2-6-24(22)17-20/h1-2,4-6,8-11,14-15,17-18H,3,7,12,16,19H2. The second-order valence-electron chi connectivity index (χ2n) is 7.08. The lowest BCUT2D eigenvalue weighted by molar-refractivity contribution is 0.685. The van der Waals surface area contributed by atoms with Gasteiger partial charge < -0.3 is 0 Å². The number of thioether (sulfide) groups is 1. The van der Waals surface area contributed by atoms with E-state index in [-0.39, 0.29) is 0 Å². The minimum atomic E-state index is 0.552. The summed E-state index contributed by atoms with van der Waals surface area (Å²) in [6.45, 7) is 0.768. The largest absolute Gasteiger partial charge is 0.268 e. The topological polar surface area (TPSA) is 41.6 Å². The third-order valence-corrected chi connectivity index (χ3v) is 6.10. The number of fused-ring (bicyclic) bond motifs is 1. The van der Waals surface area contributed by atoms with Gasteiger partial charge in [0.2, 0.25) is 0 Å². The van der Waals surface area contributed by atoms with Crippen LogP contribution in [0, 0.1) is 11.3 Å². The predicted molar refractivity (Wildman–Crippen MR) is 120 cm³/mol. The van der Waals surface area contributed by atoms with E-state index in [1.807, 2.05) is 28.7 Å². The zero-order valence-corrected chi connectivity index (χ0v) is 17.1. The van der Waals surface area contributed by atoms with Crippen LogP contribution in [0.2, 0.25) is 0 Å². The first-order valence-electron chi connectivity index (χ1n) is 9.88. The van der Waals surface area contributed by atoms with Crippen molar-refractivity contribution < 1.29 is 0 Å². The zero-order valence-electron chi connectivity index (χ0n) is 16.3. The summed E-state index contributed by atoms with van der Waals surface area (Å²) in [6, 6.07) is 26.0. The van der Waals surface area contributed by atoms with E-state index in [0.29, 0.717) is 6.42 Å². The average molecular weight is 398 g/mol. The molecule has 0 spiro atoms. The maximum absolute atomic E-state index is 8.99. The van der Waals surface area contributed by atoms with Crippen LogP contribution >= 0.6 is 11.8 Å². The lowest BCUT2D eigenvalue weighted by Gasteiger charge is -2.11. The maximum atomic E-state index is 8.99. The van der Waals surface area contributed by atoms with E-state index in [2.05, 4.69) is 71.8 Å². The van der Waals surface area contributed by atoms with Gasteiger partial charge in [-0.25, -0.2) is 0 Å². The summed E-state index contributed by atoms with van der Waals surface area (Å²) in [6.07, 6.45) is 6.17. The molecule has 0 atom stereocenters. The number of benzene rings is 3. The van der Waals surface area contributed by atoms with Gasteiger partial charge >= 0.3 is 0 Å². The van der Waals surface area contributed by atoms with Crippen molar-refractivity contribution in [1.29, 1.82) is 5.26 Å². The van der Waals surface area contributed by atoms with Gasteiger partial charge in [0.15, 0.2) is 0 Å². The molecular formula is C25H23N3S. The molecule has 1 aromatic heterocycles. The van der Waals surface area contributed by atoms with Gasteiger partial charge in [0.05, 0.1) is 12.6 Å². The number of nitriles is 1. The van der Waals surface area contributed by atoms with Gasteiger partial charge in [0.1, 0.15) is 0 Å². The summed E-state index contributed by atoms with van der Waals surface area (Å²) >= 11 is 1.89. The van der Waals surface area contributed by atoms with Crippen LogP contribution in [0.25, 0.3) is 10.8 Å². The summed E-state index contributed by atoms with van der Waals surface area (Å²) in [5, 5.41) is 15.9. The molecule has 0 aliphatic carbocycles. The van der Waals surface area contributed by atoms with E-state index in [0.717, 1.165) is 25.1 Å². The number of hydrogen-bond acceptors (Lipinski definition) is 3. The molecule has 0 radical (unpaired) electrons. The molecule has 0 saturated heterocycles. The van der Waals surface area contributed by atoms with Gasteiger partial charge in [0.25, 0.3) is 0 Å². The molecule has 0 fully saturated rings. The SMILES string of the molecule is N#CCCc1ccc(Cn2cccn2)cc1SCCc1ccc2ccccc2c1. The van der Waals surface area contributed by atoms with Gasteiger partial charge in [-0.1, -0.05) is 54.6 Å².